The summed E-state index contributed by atoms with van der Waals surface area (Å²) in [6.07, 6.45) is 1.23. The van der Waals surface area contributed by atoms with Crippen LogP contribution in [-0.4, -0.2) is 41.1 Å². The highest BCUT2D eigenvalue weighted by molar-refractivity contribution is 5.99. The van der Waals surface area contributed by atoms with Crippen LogP contribution < -0.4 is 4.74 Å². The second kappa shape index (κ2) is 5.73. The van der Waals surface area contributed by atoms with E-state index >= 15 is 0 Å². The number of aliphatic carboxylic acids is 1. The molecule has 0 saturated carbocycles. The monoisotopic (exact) mass is 263 g/mol. The number of carboxylic acid groups (broad SMARTS) is 1. The number of carbonyl (C=O) groups excluding carboxylic acids is 1. The summed E-state index contributed by atoms with van der Waals surface area (Å²) in [6, 6.07) is 6.22. The van der Waals surface area contributed by atoms with E-state index in [1.807, 2.05) is 6.92 Å². The largest absolute Gasteiger partial charge is 0.493 e. The molecule has 1 heterocycles. The normalized spacial score (nSPS) is 18.4. The van der Waals surface area contributed by atoms with Crippen molar-refractivity contribution in [2.24, 2.45) is 0 Å². The second-order valence-electron chi connectivity index (χ2n) is 4.42. The Morgan fingerprint density at radius 3 is 2.84 bits per heavy atom. The van der Waals surface area contributed by atoms with Gasteiger partial charge in [-0.2, -0.15) is 0 Å². The van der Waals surface area contributed by atoms with Crippen LogP contribution in [0, 0.1) is 0 Å². The molecule has 0 radical (unpaired) electrons. The standard InChI is InChI=1S/C14H17NO4/c1-2-19-12-8-4-3-6-10(12)13(16)15-9-5-7-11(15)14(17)18/h3-4,6,8,11H,2,5,7,9H2,1H3,(H,17,18). The van der Waals surface area contributed by atoms with Gasteiger partial charge in [0.25, 0.3) is 5.91 Å². The molecular formula is C14H17NO4. The van der Waals surface area contributed by atoms with E-state index in [4.69, 9.17) is 9.84 Å². The Morgan fingerprint density at radius 1 is 1.42 bits per heavy atom. The van der Waals surface area contributed by atoms with Gasteiger partial charge in [0.1, 0.15) is 11.8 Å². The number of likely N-dealkylation sites (tertiary alicyclic amines) is 1. The Morgan fingerprint density at radius 2 is 2.16 bits per heavy atom. The zero-order chi connectivity index (χ0) is 13.8. The summed E-state index contributed by atoms with van der Waals surface area (Å²) < 4.78 is 5.42. The number of carbonyl (C=O) groups is 2. The van der Waals surface area contributed by atoms with E-state index in [0.29, 0.717) is 30.9 Å². The molecule has 2 rings (SSSR count). The molecule has 1 saturated heterocycles. The van der Waals surface area contributed by atoms with Gasteiger partial charge in [-0.15, -0.1) is 0 Å². The molecule has 102 valence electrons. The molecule has 5 nitrogen and oxygen atoms in total. The van der Waals surface area contributed by atoms with Crippen LogP contribution in [0.1, 0.15) is 30.1 Å². The van der Waals surface area contributed by atoms with Crippen molar-refractivity contribution >= 4 is 11.9 Å². The van der Waals surface area contributed by atoms with Gasteiger partial charge in [-0.1, -0.05) is 12.1 Å². The van der Waals surface area contributed by atoms with E-state index in [-0.39, 0.29) is 5.91 Å². The predicted octanol–water partition coefficient (Wildman–Crippen LogP) is 1.77. The van der Waals surface area contributed by atoms with Crippen molar-refractivity contribution in [2.75, 3.05) is 13.2 Å². The lowest BCUT2D eigenvalue weighted by Crippen LogP contribution is -2.40. The van der Waals surface area contributed by atoms with Gasteiger partial charge >= 0.3 is 5.97 Å². The van der Waals surface area contributed by atoms with Gasteiger partial charge in [0.15, 0.2) is 0 Å². The predicted molar refractivity (Wildman–Crippen MR) is 69.3 cm³/mol. The lowest BCUT2D eigenvalue weighted by Gasteiger charge is -2.22. The summed E-state index contributed by atoms with van der Waals surface area (Å²) in [5, 5.41) is 9.13. The van der Waals surface area contributed by atoms with Crippen LogP contribution in [0.15, 0.2) is 24.3 Å². The Labute approximate surface area is 111 Å². The molecule has 1 atom stereocenters. The molecule has 0 aliphatic carbocycles. The lowest BCUT2D eigenvalue weighted by atomic mass is 10.1. The third-order valence-corrected chi connectivity index (χ3v) is 3.22. The van der Waals surface area contributed by atoms with Crippen LogP contribution in [0.4, 0.5) is 0 Å². The summed E-state index contributed by atoms with van der Waals surface area (Å²) in [5.74, 6) is -0.709. The highest BCUT2D eigenvalue weighted by Gasteiger charge is 2.35. The van der Waals surface area contributed by atoms with Gasteiger partial charge in [-0.05, 0) is 31.9 Å². The van der Waals surface area contributed by atoms with Crippen molar-refractivity contribution in [3.8, 4) is 5.75 Å². The molecule has 1 aromatic rings. The first-order chi connectivity index (χ1) is 9.15. The van der Waals surface area contributed by atoms with Crippen molar-refractivity contribution in [1.82, 2.24) is 4.90 Å². The van der Waals surface area contributed by atoms with Gasteiger partial charge in [0.2, 0.25) is 0 Å². The van der Waals surface area contributed by atoms with Crippen molar-refractivity contribution in [2.45, 2.75) is 25.8 Å². The highest BCUT2D eigenvalue weighted by Crippen LogP contribution is 2.25. The number of nitrogens with zero attached hydrogens (tertiary/aromatic N) is 1. The van der Waals surface area contributed by atoms with Crippen molar-refractivity contribution in [1.29, 1.82) is 0 Å². The first kappa shape index (κ1) is 13.4. The van der Waals surface area contributed by atoms with E-state index < -0.39 is 12.0 Å². The summed E-state index contributed by atoms with van der Waals surface area (Å²) in [6.45, 7) is 2.79. The molecule has 0 spiro atoms. The number of carboxylic acids is 1. The lowest BCUT2D eigenvalue weighted by molar-refractivity contribution is -0.141. The third kappa shape index (κ3) is 2.70. The van der Waals surface area contributed by atoms with Crippen LogP contribution in [-0.2, 0) is 4.79 Å². The van der Waals surface area contributed by atoms with Crippen molar-refractivity contribution < 1.29 is 19.4 Å². The molecule has 1 aliphatic heterocycles. The van der Waals surface area contributed by atoms with E-state index in [9.17, 15) is 9.59 Å². The van der Waals surface area contributed by atoms with Crippen LogP contribution in [0.2, 0.25) is 0 Å². The average molecular weight is 263 g/mol. The van der Waals surface area contributed by atoms with E-state index in [2.05, 4.69) is 0 Å². The molecule has 1 amide bonds. The Balaban J connectivity index is 2.26. The number of amides is 1. The zero-order valence-corrected chi connectivity index (χ0v) is 10.8. The number of benzene rings is 1. The van der Waals surface area contributed by atoms with E-state index in [0.717, 1.165) is 6.42 Å². The van der Waals surface area contributed by atoms with Gasteiger partial charge in [0.05, 0.1) is 12.2 Å². The maximum absolute atomic E-state index is 12.4. The number of ether oxygens (including phenoxy) is 1. The van der Waals surface area contributed by atoms with Gasteiger partial charge in [-0.3, -0.25) is 4.79 Å². The molecule has 19 heavy (non-hydrogen) atoms. The number of rotatable bonds is 4. The molecule has 5 heteroatoms. The minimum atomic E-state index is -0.945. The van der Waals surface area contributed by atoms with E-state index in [1.165, 1.54) is 4.90 Å². The highest BCUT2D eigenvalue weighted by atomic mass is 16.5. The quantitative estimate of drug-likeness (QED) is 0.899. The fraction of sp³-hybridized carbons (Fsp3) is 0.429. The molecule has 1 aromatic carbocycles. The molecule has 1 N–H and O–H groups in total. The first-order valence-electron chi connectivity index (χ1n) is 6.40. The second-order valence-corrected chi connectivity index (χ2v) is 4.42. The van der Waals surface area contributed by atoms with Crippen molar-refractivity contribution in [3.05, 3.63) is 29.8 Å². The smallest absolute Gasteiger partial charge is 0.326 e. The molecule has 1 unspecified atom stereocenters. The van der Waals surface area contributed by atoms with Gasteiger partial charge < -0.3 is 14.7 Å². The molecule has 0 aromatic heterocycles. The third-order valence-electron chi connectivity index (χ3n) is 3.22. The molecular weight excluding hydrogens is 246 g/mol. The summed E-state index contributed by atoms with van der Waals surface area (Å²) in [7, 11) is 0. The molecule has 1 aliphatic rings. The van der Waals surface area contributed by atoms with Gasteiger partial charge in [0, 0.05) is 6.54 Å². The maximum Gasteiger partial charge on any atom is 0.326 e. The Hall–Kier alpha value is -2.04. The fourth-order valence-electron chi connectivity index (χ4n) is 2.35. The minimum absolute atomic E-state index is 0.269. The first-order valence-corrected chi connectivity index (χ1v) is 6.40. The number of hydrogen-bond donors (Lipinski definition) is 1. The fourth-order valence-corrected chi connectivity index (χ4v) is 2.35. The minimum Gasteiger partial charge on any atom is -0.493 e. The summed E-state index contributed by atoms with van der Waals surface area (Å²) >= 11 is 0. The molecule has 1 fully saturated rings. The van der Waals surface area contributed by atoms with E-state index in [1.54, 1.807) is 24.3 Å². The summed E-state index contributed by atoms with van der Waals surface area (Å²) in [5.41, 5.74) is 0.428. The van der Waals surface area contributed by atoms with Crippen LogP contribution in [0.5, 0.6) is 5.75 Å². The number of para-hydroxylation sites is 1. The van der Waals surface area contributed by atoms with Crippen LogP contribution in [0.25, 0.3) is 0 Å². The SMILES string of the molecule is CCOc1ccccc1C(=O)N1CCCC1C(=O)O. The Kier molecular flexibility index (Phi) is 4.04. The zero-order valence-electron chi connectivity index (χ0n) is 10.8. The maximum atomic E-state index is 12.4. The van der Waals surface area contributed by atoms with Crippen molar-refractivity contribution in [3.63, 3.8) is 0 Å². The average Bonchev–Trinajstić information content (AvgIpc) is 2.88. The number of hydrogen-bond acceptors (Lipinski definition) is 3. The summed E-state index contributed by atoms with van der Waals surface area (Å²) in [4.78, 5) is 25.0. The molecule has 0 bridgehead atoms. The van der Waals surface area contributed by atoms with Crippen LogP contribution >= 0.6 is 0 Å². The topological polar surface area (TPSA) is 66.8 Å². The van der Waals surface area contributed by atoms with Gasteiger partial charge in [-0.25, -0.2) is 4.79 Å². The van der Waals surface area contributed by atoms with Crippen LogP contribution in [0.3, 0.4) is 0 Å². The Bertz CT molecular complexity index is 486.